The van der Waals surface area contributed by atoms with E-state index in [1.54, 1.807) is 18.3 Å². The second-order valence-electron chi connectivity index (χ2n) is 3.42. The molecule has 1 N–H and O–H groups in total. The Morgan fingerprint density at radius 2 is 1.94 bits per heavy atom. The zero-order chi connectivity index (χ0) is 11.9. The van der Waals surface area contributed by atoms with Crippen molar-refractivity contribution in [1.82, 2.24) is 4.98 Å². The maximum Gasteiger partial charge on any atom is 0.144 e. The van der Waals surface area contributed by atoms with Gasteiger partial charge in [0.05, 0.1) is 11.6 Å². The van der Waals surface area contributed by atoms with Gasteiger partial charge in [-0.1, -0.05) is 29.8 Å². The van der Waals surface area contributed by atoms with Gasteiger partial charge in [-0.2, -0.15) is 0 Å². The summed E-state index contributed by atoms with van der Waals surface area (Å²) in [5.41, 5.74) is 0. The molecule has 0 aliphatic rings. The quantitative estimate of drug-likeness (QED) is 0.825. The molecule has 88 valence electrons. The molecule has 0 saturated carbocycles. The van der Waals surface area contributed by atoms with Crippen LogP contribution in [0.25, 0.3) is 0 Å². The van der Waals surface area contributed by atoms with Crippen molar-refractivity contribution in [3.8, 4) is 5.75 Å². The summed E-state index contributed by atoms with van der Waals surface area (Å²) < 4.78 is 5.53. The standard InChI is InChI=1S/C13H13ClN2O/c14-12-7-4-8-15-13(12)16-9-10-17-11-5-2-1-3-6-11/h1-8H,9-10H2,(H,15,16). The van der Waals surface area contributed by atoms with E-state index in [0.717, 1.165) is 5.75 Å². The minimum atomic E-state index is 0.566. The van der Waals surface area contributed by atoms with Crippen molar-refractivity contribution in [2.45, 2.75) is 0 Å². The Bertz CT molecular complexity index is 462. The third-order valence-corrected chi connectivity index (χ3v) is 2.47. The summed E-state index contributed by atoms with van der Waals surface area (Å²) >= 11 is 5.95. The normalized spacial score (nSPS) is 9.94. The van der Waals surface area contributed by atoms with E-state index in [1.165, 1.54) is 0 Å². The number of nitrogens with zero attached hydrogens (tertiary/aromatic N) is 1. The zero-order valence-electron chi connectivity index (χ0n) is 9.27. The summed E-state index contributed by atoms with van der Waals surface area (Å²) in [6, 6.07) is 13.3. The predicted molar refractivity (Wildman–Crippen MR) is 69.7 cm³/mol. The molecular formula is C13H13ClN2O. The first kappa shape index (κ1) is 11.7. The van der Waals surface area contributed by atoms with Gasteiger partial charge in [-0.3, -0.25) is 0 Å². The van der Waals surface area contributed by atoms with Gasteiger partial charge < -0.3 is 10.1 Å². The smallest absolute Gasteiger partial charge is 0.144 e. The van der Waals surface area contributed by atoms with E-state index in [9.17, 15) is 0 Å². The summed E-state index contributed by atoms with van der Waals surface area (Å²) in [6.07, 6.45) is 1.70. The molecule has 0 bridgehead atoms. The van der Waals surface area contributed by atoms with Crippen molar-refractivity contribution in [2.24, 2.45) is 0 Å². The molecule has 2 rings (SSSR count). The minimum absolute atomic E-state index is 0.566. The summed E-state index contributed by atoms with van der Waals surface area (Å²) in [4.78, 5) is 4.12. The van der Waals surface area contributed by atoms with Gasteiger partial charge in [0.1, 0.15) is 18.2 Å². The van der Waals surface area contributed by atoms with Crippen LogP contribution in [-0.4, -0.2) is 18.1 Å². The molecule has 0 unspecified atom stereocenters. The zero-order valence-corrected chi connectivity index (χ0v) is 10.0. The van der Waals surface area contributed by atoms with Crippen LogP contribution < -0.4 is 10.1 Å². The van der Waals surface area contributed by atoms with Crippen LogP contribution in [0, 0.1) is 0 Å². The Kier molecular flexibility index (Phi) is 4.22. The average Bonchev–Trinajstić information content (AvgIpc) is 2.38. The number of pyridine rings is 1. The Morgan fingerprint density at radius 1 is 1.12 bits per heavy atom. The van der Waals surface area contributed by atoms with Gasteiger partial charge in [-0.25, -0.2) is 4.98 Å². The highest BCUT2D eigenvalue weighted by Gasteiger charge is 1.98. The summed E-state index contributed by atoms with van der Waals surface area (Å²) in [6.45, 7) is 1.22. The van der Waals surface area contributed by atoms with Crippen LogP contribution in [0.1, 0.15) is 0 Å². The van der Waals surface area contributed by atoms with Gasteiger partial charge in [-0.15, -0.1) is 0 Å². The molecule has 1 aromatic heterocycles. The fourth-order valence-corrected chi connectivity index (χ4v) is 1.56. The molecule has 0 amide bonds. The monoisotopic (exact) mass is 248 g/mol. The van der Waals surface area contributed by atoms with Crippen LogP contribution in [0.5, 0.6) is 5.75 Å². The Labute approximate surface area is 105 Å². The molecule has 0 fully saturated rings. The van der Waals surface area contributed by atoms with E-state index in [0.29, 0.717) is 24.0 Å². The first-order chi connectivity index (χ1) is 8.36. The van der Waals surface area contributed by atoms with E-state index in [-0.39, 0.29) is 0 Å². The Morgan fingerprint density at radius 3 is 2.71 bits per heavy atom. The van der Waals surface area contributed by atoms with E-state index in [4.69, 9.17) is 16.3 Å². The number of hydrogen-bond donors (Lipinski definition) is 1. The fourth-order valence-electron chi connectivity index (χ4n) is 1.37. The van der Waals surface area contributed by atoms with E-state index in [2.05, 4.69) is 10.3 Å². The van der Waals surface area contributed by atoms with Crippen molar-refractivity contribution in [2.75, 3.05) is 18.5 Å². The molecule has 1 aromatic carbocycles. The van der Waals surface area contributed by atoms with Crippen LogP contribution in [0.3, 0.4) is 0 Å². The summed E-state index contributed by atoms with van der Waals surface area (Å²) in [5, 5.41) is 3.73. The lowest BCUT2D eigenvalue weighted by molar-refractivity contribution is 0.333. The van der Waals surface area contributed by atoms with E-state index >= 15 is 0 Å². The van der Waals surface area contributed by atoms with Gasteiger partial charge in [0.2, 0.25) is 0 Å². The second-order valence-corrected chi connectivity index (χ2v) is 3.83. The van der Waals surface area contributed by atoms with Crippen LogP contribution >= 0.6 is 11.6 Å². The highest BCUT2D eigenvalue weighted by molar-refractivity contribution is 6.32. The molecule has 0 atom stereocenters. The fraction of sp³-hybridized carbons (Fsp3) is 0.154. The topological polar surface area (TPSA) is 34.2 Å². The molecule has 0 radical (unpaired) electrons. The molecule has 0 aliphatic heterocycles. The molecule has 0 aliphatic carbocycles. The number of benzene rings is 1. The van der Waals surface area contributed by atoms with Gasteiger partial charge in [0.15, 0.2) is 0 Å². The highest BCUT2D eigenvalue weighted by Crippen LogP contribution is 2.16. The lowest BCUT2D eigenvalue weighted by Gasteiger charge is -2.08. The van der Waals surface area contributed by atoms with Crippen molar-refractivity contribution < 1.29 is 4.74 Å². The number of halogens is 1. The Hall–Kier alpha value is -1.74. The molecular weight excluding hydrogens is 236 g/mol. The lowest BCUT2D eigenvalue weighted by atomic mass is 10.3. The molecule has 0 spiro atoms. The van der Waals surface area contributed by atoms with Crippen LogP contribution in [0.4, 0.5) is 5.82 Å². The third-order valence-electron chi connectivity index (χ3n) is 2.16. The minimum Gasteiger partial charge on any atom is -0.492 e. The predicted octanol–water partition coefficient (Wildman–Crippen LogP) is 3.23. The largest absolute Gasteiger partial charge is 0.492 e. The van der Waals surface area contributed by atoms with Gasteiger partial charge in [0.25, 0.3) is 0 Å². The van der Waals surface area contributed by atoms with Crippen LogP contribution in [0.15, 0.2) is 48.7 Å². The average molecular weight is 249 g/mol. The maximum absolute atomic E-state index is 5.95. The summed E-state index contributed by atoms with van der Waals surface area (Å²) in [5.74, 6) is 1.55. The number of hydrogen-bond acceptors (Lipinski definition) is 3. The first-order valence-corrected chi connectivity index (χ1v) is 5.76. The third kappa shape index (κ3) is 3.64. The van der Waals surface area contributed by atoms with Gasteiger partial charge >= 0.3 is 0 Å². The Balaban J connectivity index is 1.76. The van der Waals surface area contributed by atoms with E-state index < -0.39 is 0 Å². The lowest BCUT2D eigenvalue weighted by Crippen LogP contribution is -2.12. The van der Waals surface area contributed by atoms with Gasteiger partial charge in [-0.05, 0) is 24.3 Å². The highest BCUT2D eigenvalue weighted by atomic mass is 35.5. The van der Waals surface area contributed by atoms with Crippen molar-refractivity contribution >= 4 is 17.4 Å². The van der Waals surface area contributed by atoms with Crippen molar-refractivity contribution in [1.29, 1.82) is 0 Å². The van der Waals surface area contributed by atoms with Crippen LogP contribution in [-0.2, 0) is 0 Å². The molecule has 3 nitrogen and oxygen atoms in total. The number of nitrogens with one attached hydrogen (secondary N) is 1. The van der Waals surface area contributed by atoms with Crippen LogP contribution in [0.2, 0.25) is 5.02 Å². The maximum atomic E-state index is 5.95. The number of para-hydroxylation sites is 1. The number of rotatable bonds is 5. The SMILES string of the molecule is Clc1cccnc1NCCOc1ccccc1. The van der Waals surface area contributed by atoms with E-state index in [1.807, 2.05) is 30.3 Å². The molecule has 0 saturated heterocycles. The molecule has 4 heteroatoms. The molecule has 1 heterocycles. The second kappa shape index (κ2) is 6.11. The number of aromatic nitrogens is 1. The van der Waals surface area contributed by atoms with Crippen molar-refractivity contribution in [3.05, 3.63) is 53.7 Å². The van der Waals surface area contributed by atoms with Gasteiger partial charge in [0, 0.05) is 6.20 Å². The molecule has 2 aromatic rings. The number of ether oxygens (including phenoxy) is 1. The van der Waals surface area contributed by atoms with Crippen molar-refractivity contribution in [3.63, 3.8) is 0 Å². The number of anilines is 1. The molecule has 17 heavy (non-hydrogen) atoms. The summed E-state index contributed by atoms with van der Waals surface area (Å²) in [7, 11) is 0. The first-order valence-electron chi connectivity index (χ1n) is 5.38.